The maximum atomic E-state index is 6.15. The molecule has 0 amide bonds. The Bertz CT molecular complexity index is 675. The lowest BCUT2D eigenvalue weighted by Gasteiger charge is -2.35. The van der Waals surface area contributed by atoms with Gasteiger partial charge in [-0.1, -0.05) is 6.07 Å². The Kier molecular flexibility index (Phi) is 11.7. The molecule has 2 aliphatic heterocycles. The van der Waals surface area contributed by atoms with Gasteiger partial charge in [-0.2, -0.15) is 0 Å². The summed E-state index contributed by atoms with van der Waals surface area (Å²) in [5, 5.41) is 3.43. The van der Waals surface area contributed by atoms with Gasteiger partial charge in [-0.25, -0.2) is 4.99 Å². The number of piperidine rings is 1. The molecule has 0 aliphatic carbocycles. The molecule has 0 spiro atoms. The summed E-state index contributed by atoms with van der Waals surface area (Å²) in [6.45, 7) is 7.07. The van der Waals surface area contributed by atoms with Crippen molar-refractivity contribution in [3.8, 4) is 11.5 Å². The standard InChI is InChI=1S/C23H37N3O4.HI/c1-4-24-23(25-16-18-8-9-21(27-2)22(15-18)28-3)26-12-10-19(11-13-26)30-17-20-7-5-6-14-29-20;/h8-9,15,19-20H,4-7,10-14,16-17H2,1-3H3,(H,24,25);1H. The van der Waals surface area contributed by atoms with Crippen LogP contribution in [0.15, 0.2) is 23.2 Å². The number of rotatable bonds is 8. The Hall–Kier alpha value is -1.26. The smallest absolute Gasteiger partial charge is 0.194 e. The fourth-order valence-corrected chi connectivity index (χ4v) is 3.99. The molecule has 2 aliphatic rings. The first-order chi connectivity index (χ1) is 14.7. The molecular weight excluding hydrogens is 509 g/mol. The summed E-state index contributed by atoms with van der Waals surface area (Å²) in [7, 11) is 3.30. The van der Waals surface area contributed by atoms with Gasteiger partial charge in [-0.05, 0) is 56.7 Å². The van der Waals surface area contributed by atoms with Gasteiger partial charge in [-0.15, -0.1) is 24.0 Å². The van der Waals surface area contributed by atoms with E-state index in [-0.39, 0.29) is 30.1 Å². The lowest BCUT2D eigenvalue weighted by molar-refractivity contribution is -0.0721. The maximum absolute atomic E-state index is 6.15. The average Bonchev–Trinajstić information content (AvgIpc) is 2.81. The third-order valence-corrected chi connectivity index (χ3v) is 5.73. The quantitative estimate of drug-likeness (QED) is 0.303. The zero-order chi connectivity index (χ0) is 21.2. The van der Waals surface area contributed by atoms with Crippen molar-refractivity contribution >= 4 is 29.9 Å². The second-order valence-corrected chi connectivity index (χ2v) is 7.87. The van der Waals surface area contributed by atoms with Crippen LogP contribution in [0, 0.1) is 0 Å². The number of halogens is 1. The Morgan fingerprint density at radius 1 is 1.13 bits per heavy atom. The van der Waals surface area contributed by atoms with Gasteiger partial charge in [0, 0.05) is 26.2 Å². The van der Waals surface area contributed by atoms with Gasteiger partial charge < -0.3 is 29.2 Å². The van der Waals surface area contributed by atoms with Crippen LogP contribution in [0.25, 0.3) is 0 Å². The number of methoxy groups -OCH3 is 2. The number of benzene rings is 1. The fraction of sp³-hybridized carbons (Fsp3) is 0.696. The van der Waals surface area contributed by atoms with E-state index in [0.717, 1.165) is 75.1 Å². The zero-order valence-corrected chi connectivity index (χ0v) is 21.4. The molecular formula is C23H38IN3O4. The monoisotopic (exact) mass is 547 g/mol. The minimum atomic E-state index is 0. The number of nitrogens with zero attached hydrogens (tertiary/aromatic N) is 2. The Labute approximate surface area is 203 Å². The van der Waals surface area contributed by atoms with Crippen LogP contribution in [0.3, 0.4) is 0 Å². The van der Waals surface area contributed by atoms with Crippen molar-refractivity contribution in [1.29, 1.82) is 0 Å². The lowest BCUT2D eigenvalue weighted by atomic mass is 10.1. The first-order valence-corrected chi connectivity index (χ1v) is 11.2. The number of hydrogen-bond acceptors (Lipinski definition) is 5. The van der Waals surface area contributed by atoms with Gasteiger partial charge in [0.05, 0.1) is 39.6 Å². The number of aliphatic imine (C=N–C) groups is 1. The molecule has 0 bridgehead atoms. The fourth-order valence-electron chi connectivity index (χ4n) is 3.99. The molecule has 1 N–H and O–H groups in total. The Morgan fingerprint density at radius 3 is 2.55 bits per heavy atom. The van der Waals surface area contributed by atoms with E-state index < -0.39 is 0 Å². The molecule has 0 aromatic heterocycles. The first-order valence-electron chi connectivity index (χ1n) is 11.2. The predicted molar refractivity (Wildman–Crippen MR) is 134 cm³/mol. The predicted octanol–water partition coefficient (Wildman–Crippen LogP) is 3.84. The van der Waals surface area contributed by atoms with Gasteiger partial charge in [0.25, 0.3) is 0 Å². The molecule has 1 unspecified atom stereocenters. The highest BCUT2D eigenvalue weighted by Crippen LogP contribution is 2.28. The van der Waals surface area contributed by atoms with Crippen molar-refractivity contribution < 1.29 is 18.9 Å². The van der Waals surface area contributed by atoms with Crippen molar-refractivity contribution in [1.82, 2.24) is 10.2 Å². The largest absolute Gasteiger partial charge is 0.493 e. The van der Waals surface area contributed by atoms with Crippen molar-refractivity contribution in [3.05, 3.63) is 23.8 Å². The summed E-state index contributed by atoms with van der Waals surface area (Å²) >= 11 is 0. The summed E-state index contributed by atoms with van der Waals surface area (Å²) in [5.74, 6) is 2.43. The van der Waals surface area contributed by atoms with Crippen LogP contribution in [-0.2, 0) is 16.0 Å². The van der Waals surface area contributed by atoms with Crippen LogP contribution in [0.4, 0.5) is 0 Å². The summed E-state index contributed by atoms with van der Waals surface area (Å²) in [6.07, 6.45) is 6.23. The highest BCUT2D eigenvalue weighted by Gasteiger charge is 2.23. The second kappa shape index (κ2) is 14.0. The third kappa shape index (κ3) is 7.98. The first kappa shape index (κ1) is 26.0. The topological polar surface area (TPSA) is 64.6 Å². The molecule has 1 aromatic carbocycles. The van der Waals surface area contributed by atoms with Crippen LogP contribution < -0.4 is 14.8 Å². The van der Waals surface area contributed by atoms with Crippen LogP contribution in [0.1, 0.15) is 44.6 Å². The van der Waals surface area contributed by atoms with Gasteiger partial charge in [0.2, 0.25) is 0 Å². The molecule has 0 radical (unpaired) electrons. The van der Waals surface area contributed by atoms with Crippen molar-refractivity contribution in [2.24, 2.45) is 4.99 Å². The Balaban J connectivity index is 0.00000341. The van der Waals surface area contributed by atoms with E-state index in [1.165, 1.54) is 12.8 Å². The summed E-state index contributed by atoms with van der Waals surface area (Å²) in [5.41, 5.74) is 1.09. The van der Waals surface area contributed by atoms with Gasteiger partial charge >= 0.3 is 0 Å². The summed E-state index contributed by atoms with van der Waals surface area (Å²) < 4.78 is 22.7. The number of guanidine groups is 1. The van der Waals surface area contributed by atoms with Crippen molar-refractivity contribution in [2.45, 2.75) is 57.8 Å². The molecule has 2 fully saturated rings. The third-order valence-electron chi connectivity index (χ3n) is 5.73. The number of ether oxygens (including phenoxy) is 4. The second-order valence-electron chi connectivity index (χ2n) is 7.87. The van der Waals surface area contributed by atoms with Crippen molar-refractivity contribution in [2.75, 3.05) is 47.1 Å². The highest BCUT2D eigenvalue weighted by molar-refractivity contribution is 14.0. The number of nitrogens with one attached hydrogen (secondary N) is 1. The summed E-state index contributed by atoms with van der Waals surface area (Å²) in [6, 6.07) is 5.94. The van der Waals surface area contributed by atoms with Crippen LogP contribution >= 0.6 is 24.0 Å². The SMILES string of the molecule is CCNC(=NCc1ccc(OC)c(OC)c1)N1CCC(OCC2CCCCO2)CC1.I. The van der Waals surface area contributed by atoms with Crippen molar-refractivity contribution in [3.63, 3.8) is 0 Å². The lowest BCUT2D eigenvalue weighted by Crippen LogP contribution is -2.47. The van der Waals surface area contributed by atoms with E-state index in [1.807, 2.05) is 18.2 Å². The van der Waals surface area contributed by atoms with E-state index in [0.29, 0.717) is 12.6 Å². The van der Waals surface area contributed by atoms with Crippen LogP contribution in [-0.4, -0.2) is 70.1 Å². The zero-order valence-electron chi connectivity index (χ0n) is 19.1. The van der Waals surface area contributed by atoms with Crippen LogP contribution in [0.5, 0.6) is 11.5 Å². The van der Waals surface area contributed by atoms with E-state index in [2.05, 4.69) is 17.1 Å². The Morgan fingerprint density at radius 2 is 1.90 bits per heavy atom. The molecule has 2 saturated heterocycles. The van der Waals surface area contributed by atoms with E-state index in [9.17, 15) is 0 Å². The molecule has 1 aromatic rings. The minimum absolute atomic E-state index is 0. The molecule has 8 heteroatoms. The number of hydrogen-bond donors (Lipinski definition) is 1. The highest BCUT2D eigenvalue weighted by atomic mass is 127. The van der Waals surface area contributed by atoms with Crippen LogP contribution in [0.2, 0.25) is 0 Å². The molecule has 0 saturated carbocycles. The average molecular weight is 547 g/mol. The van der Waals surface area contributed by atoms with E-state index in [1.54, 1.807) is 14.2 Å². The molecule has 3 rings (SSSR count). The molecule has 176 valence electrons. The van der Waals surface area contributed by atoms with Gasteiger partial charge in [-0.3, -0.25) is 0 Å². The maximum Gasteiger partial charge on any atom is 0.194 e. The molecule has 7 nitrogen and oxygen atoms in total. The minimum Gasteiger partial charge on any atom is -0.493 e. The normalized spacial score (nSPS) is 20.2. The van der Waals surface area contributed by atoms with E-state index in [4.69, 9.17) is 23.9 Å². The van der Waals surface area contributed by atoms with E-state index >= 15 is 0 Å². The molecule has 1 atom stereocenters. The van der Waals surface area contributed by atoms with Gasteiger partial charge in [0.1, 0.15) is 0 Å². The number of likely N-dealkylation sites (tertiary alicyclic amines) is 1. The summed E-state index contributed by atoms with van der Waals surface area (Å²) in [4.78, 5) is 7.19. The van der Waals surface area contributed by atoms with Gasteiger partial charge in [0.15, 0.2) is 17.5 Å². The molecule has 31 heavy (non-hydrogen) atoms. The molecule has 2 heterocycles.